The van der Waals surface area contributed by atoms with Gasteiger partial charge in [-0.2, -0.15) is 0 Å². The van der Waals surface area contributed by atoms with E-state index in [1.54, 1.807) is 0 Å². The molecule has 2 aromatic carbocycles. The standard InChI is InChI=1S/C26H29ClN2O/c1-2-29-24(6-4-16-28-23-12-10-22(27)11-13-23)19-25-21(5-3-7-26(25)29)9-8-20-14-17-30-18-15-20/h3,5,7,10-13,19-20,28H,2,8-9,14-18H2,1H3. The summed E-state index contributed by atoms with van der Waals surface area (Å²) in [5.41, 5.74) is 4.84. The number of rotatable bonds is 6. The van der Waals surface area contributed by atoms with E-state index in [4.69, 9.17) is 16.3 Å². The molecule has 0 amide bonds. The highest BCUT2D eigenvalue weighted by Crippen LogP contribution is 2.27. The van der Waals surface area contributed by atoms with E-state index >= 15 is 0 Å². The van der Waals surface area contributed by atoms with E-state index in [1.807, 2.05) is 24.3 Å². The highest BCUT2D eigenvalue weighted by Gasteiger charge is 2.15. The van der Waals surface area contributed by atoms with Gasteiger partial charge in [-0.25, -0.2) is 0 Å². The predicted octanol–water partition coefficient (Wildman–Crippen LogP) is 6.14. The largest absolute Gasteiger partial charge is 0.381 e. The van der Waals surface area contributed by atoms with Crippen molar-refractivity contribution >= 4 is 28.2 Å². The molecule has 4 heteroatoms. The fourth-order valence-electron chi connectivity index (χ4n) is 4.25. The first-order valence-corrected chi connectivity index (χ1v) is 11.3. The second-order valence-electron chi connectivity index (χ2n) is 7.88. The first kappa shape index (κ1) is 20.8. The van der Waals surface area contributed by atoms with Gasteiger partial charge in [0.15, 0.2) is 0 Å². The maximum Gasteiger partial charge on any atom is 0.0931 e. The summed E-state index contributed by atoms with van der Waals surface area (Å²) >= 11 is 5.94. The van der Waals surface area contributed by atoms with Gasteiger partial charge in [0.25, 0.3) is 0 Å². The third-order valence-corrected chi connectivity index (χ3v) is 6.21. The SMILES string of the molecule is CCn1c(C#CCNc2ccc(Cl)cc2)cc2c(CCC3CCOCC3)cccc21. The van der Waals surface area contributed by atoms with Crippen LogP contribution in [0.25, 0.3) is 10.9 Å². The number of nitrogens with one attached hydrogen (secondary N) is 1. The molecular weight excluding hydrogens is 392 g/mol. The van der Waals surface area contributed by atoms with Crippen LogP contribution in [-0.4, -0.2) is 24.3 Å². The maximum absolute atomic E-state index is 5.94. The van der Waals surface area contributed by atoms with Crippen molar-refractivity contribution < 1.29 is 4.74 Å². The van der Waals surface area contributed by atoms with Gasteiger partial charge in [0.1, 0.15) is 0 Å². The molecule has 0 radical (unpaired) electrons. The summed E-state index contributed by atoms with van der Waals surface area (Å²) in [6, 6.07) is 16.7. The molecule has 1 fully saturated rings. The quantitative estimate of drug-likeness (QED) is 0.485. The minimum atomic E-state index is 0.601. The number of nitrogens with zero attached hydrogens (tertiary/aromatic N) is 1. The molecule has 0 aliphatic carbocycles. The normalized spacial score (nSPS) is 14.5. The summed E-state index contributed by atoms with van der Waals surface area (Å²) in [6.45, 7) is 5.55. The first-order chi connectivity index (χ1) is 14.7. The topological polar surface area (TPSA) is 26.2 Å². The zero-order valence-electron chi connectivity index (χ0n) is 17.6. The van der Waals surface area contributed by atoms with Crippen LogP contribution in [0, 0.1) is 17.8 Å². The van der Waals surface area contributed by atoms with Crippen molar-refractivity contribution in [2.75, 3.05) is 25.1 Å². The zero-order chi connectivity index (χ0) is 20.8. The van der Waals surface area contributed by atoms with E-state index in [0.29, 0.717) is 6.54 Å². The van der Waals surface area contributed by atoms with Crippen molar-refractivity contribution in [1.82, 2.24) is 4.57 Å². The van der Waals surface area contributed by atoms with E-state index in [9.17, 15) is 0 Å². The lowest BCUT2D eigenvalue weighted by Crippen LogP contribution is -2.16. The van der Waals surface area contributed by atoms with Gasteiger partial charge >= 0.3 is 0 Å². The maximum atomic E-state index is 5.94. The predicted molar refractivity (Wildman–Crippen MR) is 126 cm³/mol. The summed E-state index contributed by atoms with van der Waals surface area (Å²) in [5.74, 6) is 7.44. The van der Waals surface area contributed by atoms with E-state index in [0.717, 1.165) is 48.5 Å². The van der Waals surface area contributed by atoms with E-state index in [2.05, 4.69) is 52.9 Å². The number of anilines is 1. The zero-order valence-corrected chi connectivity index (χ0v) is 18.3. The van der Waals surface area contributed by atoms with Crippen LogP contribution in [0.2, 0.25) is 5.02 Å². The van der Waals surface area contributed by atoms with Crippen molar-refractivity contribution in [3.8, 4) is 11.8 Å². The minimum Gasteiger partial charge on any atom is -0.381 e. The Morgan fingerprint density at radius 1 is 1.13 bits per heavy atom. The first-order valence-electron chi connectivity index (χ1n) is 10.9. The molecule has 0 saturated carbocycles. The lowest BCUT2D eigenvalue weighted by Gasteiger charge is -2.21. The Hall–Kier alpha value is -2.41. The Balaban J connectivity index is 1.48. The van der Waals surface area contributed by atoms with Crippen LogP contribution in [0.15, 0.2) is 48.5 Å². The number of hydrogen-bond donors (Lipinski definition) is 1. The van der Waals surface area contributed by atoms with Gasteiger partial charge in [0.05, 0.1) is 12.2 Å². The number of fused-ring (bicyclic) bond motifs is 1. The molecule has 1 N–H and O–H groups in total. The highest BCUT2D eigenvalue weighted by molar-refractivity contribution is 6.30. The van der Waals surface area contributed by atoms with E-state index in [-0.39, 0.29) is 0 Å². The highest BCUT2D eigenvalue weighted by atomic mass is 35.5. The smallest absolute Gasteiger partial charge is 0.0931 e. The summed E-state index contributed by atoms with van der Waals surface area (Å²) in [5, 5.41) is 5.42. The number of ether oxygens (including phenoxy) is 1. The van der Waals surface area contributed by atoms with Crippen molar-refractivity contribution in [3.05, 3.63) is 64.8 Å². The van der Waals surface area contributed by atoms with Crippen LogP contribution in [0.3, 0.4) is 0 Å². The van der Waals surface area contributed by atoms with Crippen molar-refractivity contribution in [3.63, 3.8) is 0 Å². The molecule has 3 aromatic rings. The Morgan fingerprint density at radius 3 is 2.70 bits per heavy atom. The number of hydrogen-bond acceptors (Lipinski definition) is 2. The lowest BCUT2D eigenvalue weighted by atomic mass is 9.92. The van der Waals surface area contributed by atoms with Crippen LogP contribution >= 0.6 is 11.6 Å². The molecule has 1 saturated heterocycles. The second-order valence-corrected chi connectivity index (χ2v) is 8.32. The Morgan fingerprint density at radius 2 is 1.93 bits per heavy atom. The molecule has 0 unspecified atom stereocenters. The molecule has 2 heterocycles. The molecule has 4 rings (SSSR count). The summed E-state index contributed by atoms with van der Waals surface area (Å²) in [4.78, 5) is 0. The number of aromatic nitrogens is 1. The fraction of sp³-hybridized carbons (Fsp3) is 0.385. The molecule has 0 spiro atoms. The average Bonchev–Trinajstić information content (AvgIpc) is 3.15. The Kier molecular flexibility index (Phi) is 7.00. The number of halogens is 1. The number of aryl methyl sites for hydroxylation is 2. The molecule has 1 aliphatic rings. The van der Waals surface area contributed by atoms with E-state index in [1.165, 1.54) is 35.7 Å². The summed E-state index contributed by atoms with van der Waals surface area (Å²) < 4.78 is 7.83. The van der Waals surface area contributed by atoms with Gasteiger partial charge < -0.3 is 14.6 Å². The van der Waals surface area contributed by atoms with Gasteiger partial charge in [0, 0.05) is 41.4 Å². The molecule has 3 nitrogen and oxygen atoms in total. The molecule has 1 aromatic heterocycles. The van der Waals surface area contributed by atoms with Crippen LogP contribution in [0.5, 0.6) is 0 Å². The van der Waals surface area contributed by atoms with Crippen LogP contribution < -0.4 is 5.32 Å². The van der Waals surface area contributed by atoms with Crippen molar-refractivity contribution in [2.24, 2.45) is 5.92 Å². The third kappa shape index (κ3) is 5.01. The molecule has 0 bridgehead atoms. The third-order valence-electron chi connectivity index (χ3n) is 5.96. The van der Waals surface area contributed by atoms with Gasteiger partial charge in [-0.3, -0.25) is 0 Å². The monoisotopic (exact) mass is 420 g/mol. The average molecular weight is 421 g/mol. The minimum absolute atomic E-state index is 0.601. The molecule has 156 valence electrons. The van der Waals surface area contributed by atoms with E-state index < -0.39 is 0 Å². The van der Waals surface area contributed by atoms with Gasteiger partial charge in [0.2, 0.25) is 0 Å². The molecular formula is C26H29ClN2O. The van der Waals surface area contributed by atoms with Crippen molar-refractivity contribution in [2.45, 2.75) is 39.2 Å². The fourth-order valence-corrected chi connectivity index (χ4v) is 4.38. The number of benzene rings is 2. The summed E-state index contributed by atoms with van der Waals surface area (Å²) in [7, 11) is 0. The molecule has 0 atom stereocenters. The molecule has 30 heavy (non-hydrogen) atoms. The van der Waals surface area contributed by atoms with Crippen LogP contribution in [-0.2, 0) is 17.7 Å². The van der Waals surface area contributed by atoms with Gasteiger partial charge in [-0.1, -0.05) is 29.7 Å². The Labute approximate surface area is 184 Å². The van der Waals surface area contributed by atoms with Crippen LogP contribution in [0.4, 0.5) is 5.69 Å². The second kappa shape index (κ2) is 10.1. The summed E-state index contributed by atoms with van der Waals surface area (Å²) in [6.07, 6.45) is 4.76. The van der Waals surface area contributed by atoms with Crippen LogP contribution in [0.1, 0.15) is 37.4 Å². The lowest BCUT2D eigenvalue weighted by molar-refractivity contribution is 0.0640. The van der Waals surface area contributed by atoms with Crippen molar-refractivity contribution in [1.29, 1.82) is 0 Å². The Bertz CT molecular complexity index is 1040. The molecule has 1 aliphatic heterocycles. The van der Waals surface area contributed by atoms with Gasteiger partial charge in [-0.05, 0) is 86.4 Å². The van der Waals surface area contributed by atoms with Gasteiger partial charge in [-0.15, -0.1) is 0 Å².